The summed E-state index contributed by atoms with van der Waals surface area (Å²) in [6.45, 7) is 4.25. The molecule has 0 spiro atoms. The quantitative estimate of drug-likeness (QED) is 0.857. The van der Waals surface area contributed by atoms with Crippen molar-refractivity contribution < 1.29 is 14.3 Å². The zero-order chi connectivity index (χ0) is 18.5. The number of rotatable bonds is 4. The number of carbonyl (C=O) groups excluding carboxylic acids is 2. The first kappa shape index (κ1) is 17.8. The Morgan fingerprint density at radius 3 is 2.42 bits per heavy atom. The van der Waals surface area contributed by atoms with Gasteiger partial charge in [0, 0.05) is 37.4 Å². The molecule has 26 heavy (non-hydrogen) atoms. The number of nitrogens with one attached hydrogen (secondary N) is 1. The number of nitrogens with zero attached hydrogens (tertiary/aromatic N) is 2. The molecule has 2 amide bonds. The van der Waals surface area contributed by atoms with Gasteiger partial charge < -0.3 is 19.9 Å². The zero-order valence-electron chi connectivity index (χ0n) is 15.1. The van der Waals surface area contributed by atoms with Gasteiger partial charge in [0.05, 0.1) is 12.8 Å². The number of methoxy groups -OCH3 is 1. The Kier molecular flexibility index (Phi) is 5.41. The second-order valence-corrected chi connectivity index (χ2v) is 6.21. The van der Waals surface area contributed by atoms with E-state index in [0.717, 1.165) is 18.8 Å². The van der Waals surface area contributed by atoms with Crippen LogP contribution in [0.25, 0.3) is 0 Å². The van der Waals surface area contributed by atoms with Crippen LogP contribution in [0.3, 0.4) is 0 Å². The lowest BCUT2D eigenvalue weighted by Gasteiger charge is -2.36. The molecule has 0 unspecified atom stereocenters. The minimum Gasteiger partial charge on any atom is -0.495 e. The van der Waals surface area contributed by atoms with Crippen LogP contribution in [0.5, 0.6) is 5.75 Å². The van der Waals surface area contributed by atoms with Gasteiger partial charge in [0.1, 0.15) is 5.75 Å². The first-order valence-electron chi connectivity index (χ1n) is 8.63. The predicted octanol–water partition coefficient (Wildman–Crippen LogP) is 3.25. The summed E-state index contributed by atoms with van der Waals surface area (Å²) in [5.41, 5.74) is 2.39. The average molecular weight is 353 g/mol. The molecule has 2 aromatic carbocycles. The Labute approximate surface area is 153 Å². The number of benzene rings is 2. The number of ketones is 1. The highest BCUT2D eigenvalue weighted by atomic mass is 16.5. The van der Waals surface area contributed by atoms with E-state index in [4.69, 9.17) is 4.74 Å². The first-order valence-corrected chi connectivity index (χ1v) is 8.63. The molecule has 0 saturated carbocycles. The summed E-state index contributed by atoms with van der Waals surface area (Å²) in [6.07, 6.45) is 0. The molecule has 0 atom stereocenters. The SMILES string of the molecule is COc1ccccc1NC(=O)N1CCN(c2cccc(C(C)=O)c2)CC1. The van der Waals surface area contributed by atoms with Crippen molar-refractivity contribution in [2.45, 2.75) is 6.92 Å². The van der Waals surface area contributed by atoms with Crippen molar-refractivity contribution in [3.63, 3.8) is 0 Å². The van der Waals surface area contributed by atoms with E-state index in [2.05, 4.69) is 10.2 Å². The van der Waals surface area contributed by atoms with Gasteiger partial charge in [-0.1, -0.05) is 24.3 Å². The van der Waals surface area contributed by atoms with Crippen LogP contribution in [0.1, 0.15) is 17.3 Å². The number of Topliss-reactive ketones (excluding diaryl/α,β-unsaturated/α-hetero) is 1. The normalized spacial score (nSPS) is 14.1. The fraction of sp³-hybridized carbons (Fsp3) is 0.300. The van der Waals surface area contributed by atoms with Crippen LogP contribution in [0, 0.1) is 0 Å². The first-order chi connectivity index (χ1) is 12.6. The van der Waals surface area contributed by atoms with E-state index in [-0.39, 0.29) is 11.8 Å². The van der Waals surface area contributed by atoms with Gasteiger partial charge in [0.15, 0.2) is 5.78 Å². The highest BCUT2D eigenvalue weighted by Crippen LogP contribution is 2.24. The molecule has 0 radical (unpaired) electrons. The third-order valence-electron chi connectivity index (χ3n) is 4.53. The summed E-state index contributed by atoms with van der Waals surface area (Å²) >= 11 is 0. The van der Waals surface area contributed by atoms with Crippen molar-refractivity contribution in [3.8, 4) is 5.75 Å². The van der Waals surface area contributed by atoms with E-state index in [0.29, 0.717) is 30.1 Å². The van der Waals surface area contributed by atoms with Gasteiger partial charge in [-0.2, -0.15) is 0 Å². The predicted molar refractivity (Wildman–Crippen MR) is 102 cm³/mol. The number of para-hydroxylation sites is 2. The van der Waals surface area contributed by atoms with Gasteiger partial charge in [-0.15, -0.1) is 0 Å². The summed E-state index contributed by atoms with van der Waals surface area (Å²) in [5, 5.41) is 2.91. The maximum absolute atomic E-state index is 12.5. The molecule has 6 nitrogen and oxygen atoms in total. The Balaban J connectivity index is 1.60. The van der Waals surface area contributed by atoms with Gasteiger partial charge in [0.25, 0.3) is 0 Å². The van der Waals surface area contributed by atoms with Crippen molar-refractivity contribution in [2.75, 3.05) is 43.5 Å². The van der Waals surface area contributed by atoms with Crippen molar-refractivity contribution in [3.05, 3.63) is 54.1 Å². The van der Waals surface area contributed by atoms with Gasteiger partial charge in [0.2, 0.25) is 0 Å². The fourth-order valence-corrected chi connectivity index (χ4v) is 3.03. The minimum absolute atomic E-state index is 0.0571. The molecule has 1 aliphatic rings. The van der Waals surface area contributed by atoms with Crippen LogP contribution in [0.15, 0.2) is 48.5 Å². The molecule has 1 N–H and O–H groups in total. The van der Waals surface area contributed by atoms with E-state index in [1.54, 1.807) is 18.9 Å². The Morgan fingerprint density at radius 1 is 1.00 bits per heavy atom. The number of amides is 2. The number of piperazine rings is 1. The molecular formula is C20H23N3O3. The van der Waals surface area contributed by atoms with E-state index in [1.807, 2.05) is 48.5 Å². The lowest BCUT2D eigenvalue weighted by atomic mass is 10.1. The molecule has 1 fully saturated rings. The fourth-order valence-electron chi connectivity index (χ4n) is 3.03. The largest absolute Gasteiger partial charge is 0.495 e. The monoisotopic (exact) mass is 353 g/mol. The van der Waals surface area contributed by atoms with Gasteiger partial charge in [-0.25, -0.2) is 4.79 Å². The molecule has 136 valence electrons. The highest BCUT2D eigenvalue weighted by Gasteiger charge is 2.22. The maximum atomic E-state index is 12.5. The van der Waals surface area contributed by atoms with Crippen LogP contribution < -0.4 is 15.0 Å². The van der Waals surface area contributed by atoms with Gasteiger partial charge in [-0.05, 0) is 31.2 Å². The van der Waals surface area contributed by atoms with Crippen LogP contribution in [0.2, 0.25) is 0 Å². The summed E-state index contributed by atoms with van der Waals surface area (Å²) in [6, 6.07) is 14.8. The van der Waals surface area contributed by atoms with Crippen molar-refractivity contribution in [2.24, 2.45) is 0 Å². The number of hydrogen-bond acceptors (Lipinski definition) is 4. The van der Waals surface area contributed by atoms with Gasteiger partial charge >= 0.3 is 6.03 Å². The number of ether oxygens (including phenoxy) is 1. The van der Waals surface area contributed by atoms with Crippen molar-refractivity contribution >= 4 is 23.2 Å². The summed E-state index contributed by atoms with van der Waals surface area (Å²) in [7, 11) is 1.58. The second kappa shape index (κ2) is 7.91. The molecule has 1 saturated heterocycles. The van der Waals surface area contributed by atoms with Gasteiger partial charge in [-0.3, -0.25) is 4.79 Å². The molecule has 2 aromatic rings. The highest BCUT2D eigenvalue weighted by molar-refractivity contribution is 5.95. The molecule has 3 rings (SSSR count). The van der Waals surface area contributed by atoms with E-state index >= 15 is 0 Å². The van der Waals surface area contributed by atoms with Crippen LogP contribution in [-0.4, -0.2) is 50.0 Å². The van der Waals surface area contributed by atoms with Crippen LogP contribution in [0.4, 0.5) is 16.2 Å². The topological polar surface area (TPSA) is 61.9 Å². The lowest BCUT2D eigenvalue weighted by molar-refractivity contribution is 0.101. The Morgan fingerprint density at radius 2 is 1.73 bits per heavy atom. The van der Waals surface area contributed by atoms with E-state index < -0.39 is 0 Å². The Hall–Kier alpha value is -3.02. The second-order valence-electron chi connectivity index (χ2n) is 6.21. The van der Waals surface area contributed by atoms with Crippen molar-refractivity contribution in [1.82, 2.24) is 4.90 Å². The average Bonchev–Trinajstić information content (AvgIpc) is 2.68. The van der Waals surface area contributed by atoms with Crippen molar-refractivity contribution in [1.29, 1.82) is 0 Å². The third kappa shape index (κ3) is 3.96. The minimum atomic E-state index is -0.133. The summed E-state index contributed by atoms with van der Waals surface area (Å²) < 4.78 is 5.27. The summed E-state index contributed by atoms with van der Waals surface area (Å²) in [4.78, 5) is 28.1. The zero-order valence-corrected chi connectivity index (χ0v) is 15.1. The third-order valence-corrected chi connectivity index (χ3v) is 4.53. The lowest BCUT2D eigenvalue weighted by Crippen LogP contribution is -2.50. The molecule has 1 aliphatic heterocycles. The van der Waals surface area contributed by atoms with Crippen LogP contribution >= 0.6 is 0 Å². The summed E-state index contributed by atoms with van der Waals surface area (Å²) in [5.74, 6) is 0.696. The smallest absolute Gasteiger partial charge is 0.322 e. The van der Waals surface area contributed by atoms with Crippen LogP contribution in [-0.2, 0) is 0 Å². The number of urea groups is 1. The molecular weight excluding hydrogens is 330 g/mol. The molecule has 6 heteroatoms. The molecule has 0 aliphatic carbocycles. The van der Waals surface area contributed by atoms with E-state index in [1.165, 1.54) is 0 Å². The molecule has 0 bridgehead atoms. The number of hydrogen-bond donors (Lipinski definition) is 1. The maximum Gasteiger partial charge on any atom is 0.322 e. The number of carbonyl (C=O) groups is 2. The standard InChI is InChI=1S/C20H23N3O3/c1-15(24)16-6-5-7-17(14-16)22-10-12-23(13-11-22)20(25)21-18-8-3-4-9-19(18)26-2/h3-9,14H,10-13H2,1-2H3,(H,21,25). The molecule has 0 aromatic heterocycles. The van der Waals surface area contributed by atoms with E-state index in [9.17, 15) is 9.59 Å². The Bertz CT molecular complexity index is 798. The number of anilines is 2. The molecule has 1 heterocycles.